The average molecular weight is 661 g/mol. The van der Waals surface area contributed by atoms with E-state index in [1.165, 1.54) is 32.1 Å². The molecule has 0 aromatic carbocycles. The lowest BCUT2D eigenvalue weighted by molar-refractivity contribution is -0.176. The van der Waals surface area contributed by atoms with Gasteiger partial charge in [0.2, 0.25) is 5.91 Å². The second-order valence-electron chi connectivity index (χ2n) is 17.7. The molecule has 47 heavy (non-hydrogen) atoms. The first-order chi connectivity index (χ1) is 21.8. The maximum atomic E-state index is 14.6. The number of rotatable bonds is 4. The van der Waals surface area contributed by atoms with E-state index in [9.17, 15) is 19.2 Å². The van der Waals surface area contributed by atoms with Crippen LogP contribution in [-0.4, -0.2) is 74.6 Å². The number of hydrogen-bond donors (Lipinski definition) is 5. The fourth-order valence-electron chi connectivity index (χ4n) is 9.59. The zero-order valence-electron chi connectivity index (χ0n) is 30.6. The summed E-state index contributed by atoms with van der Waals surface area (Å²) in [5.41, 5.74) is 1.99. The van der Waals surface area contributed by atoms with Gasteiger partial charge >= 0.3 is 11.8 Å². The molecule has 11 nitrogen and oxygen atoms in total. The number of ether oxygens (including phenoxy) is 1. The molecular formula is C36H64N6O5. The van der Waals surface area contributed by atoms with Gasteiger partial charge in [-0.3, -0.25) is 30.0 Å². The van der Waals surface area contributed by atoms with Crippen molar-refractivity contribution in [3.8, 4) is 0 Å². The van der Waals surface area contributed by atoms with Crippen LogP contribution in [0.3, 0.4) is 0 Å². The summed E-state index contributed by atoms with van der Waals surface area (Å²) < 4.78 is 7.16. The third kappa shape index (κ3) is 9.91. The Hall–Kier alpha value is -2.24. The van der Waals surface area contributed by atoms with Gasteiger partial charge in [0.15, 0.2) is 5.60 Å². The molecule has 5 N–H and O–H groups in total. The van der Waals surface area contributed by atoms with E-state index in [0.717, 1.165) is 38.5 Å². The van der Waals surface area contributed by atoms with Crippen LogP contribution in [0.1, 0.15) is 158 Å². The Bertz CT molecular complexity index is 1120. The van der Waals surface area contributed by atoms with Crippen molar-refractivity contribution in [1.82, 2.24) is 31.7 Å². The molecule has 4 rings (SSSR count). The first-order valence-electron chi connectivity index (χ1n) is 18.3. The van der Waals surface area contributed by atoms with Gasteiger partial charge in [-0.15, -0.1) is 0 Å². The van der Waals surface area contributed by atoms with Crippen LogP contribution in [0.5, 0.6) is 0 Å². The smallest absolute Gasteiger partial charge is 0.327 e. The quantitative estimate of drug-likeness (QED) is 0.221. The number of hydrogen-bond acceptors (Lipinski definition) is 7. The molecule has 1 saturated carbocycles. The molecule has 268 valence electrons. The molecular weight excluding hydrogens is 596 g/mol. The summed E-state index contributed by atoms with van der Waals surface area (Å²) in [7, 11) is 0. The van der Waals surface area contributed by atoms with Gasteiger partial charge < -0.3 is 25.6 Å². The van der Waals surface area contributed by atoms with Crippen LogP contribution in [0, 0.1) is 0 Å². The summed E-state index contributed by atoms with van der Waals surface area (Å²) >= 11 is 0. The van der Waals surface area contributed by atoms with E-state index in [2.05, 4.69) is 82.2 Å². The summed E-state index contributed by atoms with van der Waals surface area (Å²) in [6.07, 6.45) is 14.2. The van der Waals surface area contributed by atoms with Crippen LogP contribution in [0.25, 0.3) is 0 Å². The van der Waals surface area contributed by atoms with Gasteiger partial charge in [-0.25, -0.2) is 0 Å². The Labute approximate surface area is 283 Å². The van der Waals surface area contributed by atoms with E-state index < -0.39 is 29.0 Å². The number of carbonyl (C=O) groups excluding carboxylic acids is 4. The van der Waals surface area contributed by atoms with Crippen molar-refractivity contribution in [2.24, 2.45) is 0 Å². The summed E-state index contributed by atoms with van der Waals surface area (Å²) in [5, 5.41) is 10.1. The first kappa shape index (κ1) is 37.6. The second-order valence-corrected chi connectivity index (χ2v) is 17.7. The Morgan fingerprint density at radius 3 is 1.68 bits per heavy atom. The van der Waals surface area contributed by atoms with Crippen LogP contribution >= 0.6 is 0 Å². The summed E-state index contributed by atoms with van der Waals surface area (Å²) in [6.45, 7) is 17.0. The van der Waals surface area contributed by atoms with E-state index in [1.807, 2.05) is 4.90 Å². The molecule has 0 aromatic heterocycles. The second kappa shape index (κ2) is 14.3. The van der Waals surface area contributed by atoms with E-state index in [-0.39, 0.29) is 47.1 Å². The van der Waals surface area contributed by atoms with Crippen LogP contribution in [0.2, 0.25) is 0 Å². The standard InChI is InChI=1S/C36H64N6O5/c1-31(2)22-26(23-32(3,4)40-31)37-28(44)29(45)39-38-27(43)18-21-42-30(46)35(24-33(5,6)41-34(7,8)25-35)47-36(42)19-16-14-12-10-9-11-13-15-17-20-36/h26,40-41H,9-25H2,1-8H3,(H,37,44)(H,38,43)(H,39,45). The molecule has 3 saturated heterocycles. The topological polar surface area (TPSA) is 141 Å². The minimum absolute atomic E-state index is 0.0173. The maximum absolute atomic E-state index is 14.6. The molecule has 1 aliphatic carbocycles. The van der Waals surface area contributed by atoms with Gasteiger partial charge in [0.1, 0.15) is 5.72 Å². The van der Waals surface area contributed by atoms with Gasteiger partial charge in [0.25, 0.3) is 5.91 Å². The molecule has 0 bridgehead atoms. The number of amides is 4. The minimum Gasteiger partial charge on any atom is -0.345 e. The molecule has 4 amide bonds. The fraction of sp³-hybridized carbons (Fsp3) is 0.889. The monoisotopic (exact) mass is 660 g/mol. The number of nitrogens with zero attached hydrogens (tertiary/aromatic N) is 1. The highest BCUT2D eigenvalue weighted by Gasteiger charge is 2.64. The molecule has 0 atom stereocenters. The molecule has 11 heteroatoms. The van der Waals surface area contributed by atoms with Crippen molar-refractivity contribution < 1.29 is 23.9 Å². The summed E-state index contributed by atoms with van der Waals surface area (Å²) in [6, 6.07) is -0.171. The maximum Gasteiger partial charge on any atom is 0.327 e. The van der Waals surface area contributed by atoms with Crippen molar-refractivity contribution in [2.45, 2.75) is 198 Å². The Kier molecular flexibility index (Phi) is 11.4. The van der Waals surface area contributed by atoms with E-state index in [1.54, 1.807) is 0 Å². The van der Waals surface area contributed by atoms with Gasteiger partial charge in [0, 0.05) is 54.0 Å². The summed E-state index contributed by atoms with van der Waals surface area (Å²) in [4.78, 5) is 54.9. The van der Waals surface area contributed by atoms with Gasteiger partial charge in [-0.2, -0.15) is 0 Å². The Morgan fingerprint density at radius 1 is 0.702 bits per heavy atom. The third-order valence-corrected chi connectivity index (χ3v) is 10.4. The molecule has 0 radical (unpaired) electrons. The molecule has 0 aromatic rings. The van der Waals surface area contributed by atoms with Crippen LogP contribution in [0.4, 0.5) is 0 Å². The fourth-order valence-corrected chi connectivity index (χ4v) is 9.59. The SMILES string of the molecule is CC1(C)CC(NC(=O)C(=O)NNC(=O)CCN2C(=O)C3(CC(C)(C)NC(C)(C)C3)OC23CCCCCCCCCCC3)CC(C)(C)N1. The molecule has 4 fully saturated rings. The van der Waals surface area contributed by atoms with Crippen LogP contribution in [0.15, 0.2) is 0 Å². The highest BCUT2D eigenvalue weighted by Crippen LogP contribution is 2.51. The number of nitrogens with one attached hydrogen (secondary N) is 5. The number of piperidine rings is 2. The molecule has 3 heterocycles. The van der Waals surface area contributed by atoms with Crippen molar-refractivity contribution in [1.29, 1.82) is 0 Å². The van der Waals surface area contributed by atoms with Gasteiger partial charge in [-0.05, 0) is 93.9 Å². The third-order valence-electron chi connectivity index (χ3n) is 10.4. The van der Waals surface area contributed by atoms with Crippen molar-refractivity contribution in [3.63, 3.8) is 0 Å². The lowest BCUT2D eigenvalue weighted by Gasteiger charge is -2.50. The average Bonchev–Trinajstić information content (AvgIpc) is 3.10. The lowest BCUT2D eigenvalue weighted by atomic mass is 9.72. The molecule has 2 spiro atoms. The van der Waals surface area contributed by atoms with Crippen LogP contribution in [-0.2, 0) is 23.9 Å². The summed E-state index contributed by atoms with van der Waals surface area (Å²) in [5.74, 6) is -2.19. The predicted octanol–water partition coefficient (Wildman–Crippen LogP) is 4.49. The molecule has 3 aliphatic heterocycles. The highest BCUT2D eigenvalue weighted by molar-refractivity contribution is 6.35. The van der Waals surface area contributed by atoms with Crippen molar-refractivity contribution in [2.75, 3.05) is 6.54 Å². The largest absolute Gasteiger partial charge is 0.345 e. The molecule has 4 aliphatic rings. The van der Waals surface area contributed by atoms with Crippen molar-refractivity contribution >= 4 is 23.6 Å². The van der Waals surface area contributed by atoms with Gasteiger partial charge in [0.05, 0.1) is 0 Å². The van der Waals surface area contributed by atoms with E-state index in [4.69, 9.17) is 4.74 Å². The van der Waals surface area contributed by atoms with Crippen LogP contribution < -0.4 is 26.8 Å². The zero-order chi connectivity index (χ0) is 34.7. The van der Waals surface area contributed by atoms with Crippen molar-refractivity contribution in [3.05, 3.63) is 0 Å². The zero-order valence-corrected chi connectivity index (χ0v) is 30.6. The van der Waals surface area contributed by atoms with Gasteiger partial charge in [-0.1, -0.05) is 44.9 Å². The number of hydrazine groups is 1. The van der Waals surface area contributed by atoms with E-state index >= 15 is 0 Å². The molecule has 0 unspecified atom stereocenters. The Balaban J connectivity index is 1.43. The highest BCUT2D eigenvalue weighted by atomic mass is 16.6. The lowest BCUT2D eigenvalue weighted by Crippen LogP contribution is -2.65. The first-order valence-corrected chi connectivity index (χ1v) is 18.3. The normalized spacial score (nSPS) is 27.0. The number of carbonyl (C=O) groups is 4. The Morgan fingerprint density at radius 2 is 1.17 bits per heavy atom. The van der Waals surface area contributed by atoms with E-state index in [0.29, 0.717) is 25.7 Å². The predicted molar refractivity (Wildman–Crippen MR) is 183 cm³/mol. The minimum atomic E-state index is -0.962.